The number of aromatic nitrogens is 1. The first-order valence-corrected chi connectivity index (χ1v) is 7.57. The van der Waals surface area contributed by atoms with Crippen LogP contribution >= 0.6 is 11.3 Å². The van der Waals surface area contributed by atoms with Gasteiger partial charge in [0.25, 0.3) is 0 Å². The van der Waals surface area contributed by atoms with Crippen molar-refractivity contribution in [2.45, 2.75) is 32.1 Å². The van der Waals surface area contributed by atoms with Gasteiger partial charge in [0.2, 0.25) is 0 Å². The summed E-state index contributed by atoms with van der Waals surface area (Å²) in [6.45, 7) is 3.04. The maximum atomic E-state index is 5.84. The minimum absolute atomic E-state index is 0.746. The second-order valence-electron chi connectivity index (χ2n) is 4.92. The number of nitrogens with two attached hydrogens (primary N) is 1. The van der Waals surface area contributed by atoms with Gasteiger partial charge in [0.15, 0.2) is 0 Å². The third-order valence-corrected chi connectivity index (χ3v) is 4.61. The van der Waals surface area contributed by atoms with Crippen LogP contribution in [0.1, 0.15) is 30.7 Å². The molecule has 0 saturated heterocycles. The fraction of sp³-hybridized carbons (Fsp3) is 0.769. The SMILES string of the molecule is NCC1CCCCC1CNCCc1nccs1. The van der Waals surface area contributed by atoms with Crippen LogP contribution in [0.5, 0.6) is 0 Å². The number of rotatable bonds is 6. The lowest BCUT2D eigenvalue weighted by Crippen LogP contribution is -2.35. The Hall–Kier alpha value is -0.450. The van der Waals surface area contributed by atoms with Crippen LogP contribution in [-0.2, 0) is 6.42 Å². The van der Waals surface area contributed by atoms with E-state index >= 15 is 0 Å². The van der Waals surface area contributed by atoms with Gasteiger partial charge in [-0.15, -0.1) is 11.3 Å². The molecule has 1 heterocycles. The van der Waals surface area contributed by atoms with E-state index in [1.165, 1.54) is 30.7 Å². The molecule has 0 bridgehead atoms. The Morgan fingerprint density at radius 2 is 2.18 bits per heavy atom. The van der Waals surface area contributed by atoms with Crippen molar-refractivity contribution in [1.29, 1.82) is 0 Å². The van der Waals surface area contributed by atoms with Gasteiger partial charge in [0.1, 0.15) is 0 Å². The van der Waals surface area contributed by atoms with Gasteiger partial charge in [0, 0.05) is 24.5 Å². The van der Waals surface area contributed by atoms with E-state index in [0.717, 1.165) is 37.9 Å². The molecule has 2 rings (SSSR count). The summed E-state index contributed by atoms with van der Waals surface area (Å²) in [5.41, 5.74) is 5.84. The van der Waals surface area contributed by atoms with Crippen LogP contribution in [0, 0.1) is 11.8 Å². The molecule has 2 atom stereocenters. The molecule has 0 amide bonds. The molecule has 0 aliphatic heterocycles. The zero-order chi connectivity index (χ0) is 11.9. The lowest BCUT2D eigenvalue weighted by atomic mass is 9.79. The highest BCUT2D eigenvalue weighted by molar-refractivity contribution is 7.09. The average Bonchev–Trinajstić information content (AvgIpc) is 2.88. The molecular weight excluding hydrogens is 230 g/mol. The van der Waals surface area contributed by atoms with Crippen LogP contribution in [0.25, 0.3) is 0 Å². The van der Waals surface area contributed by atoms with E-state index in [2.05, 4.69) is 10.3 Å². The Kier molecular flexibility index (Phi) is 5.42. The third kappa shape index (κ3) is 4.05. The number of thiazole rings is 1. The van der Waals surface area contributed by atoms with E-state index in [4.69, 9.17) is 5.73 Å². The minimum atomic E-state index is 0.746. The van der Waals surface area contributed by atoms with E-state index in [0.29, 0.717) is 0 Å². The normalized spacial score (nSPS) is 25.0. The monoisotopic (exact) mass is 253 g/mol. The molecule has 1 aromatic heterocycles. The molecule has 0 radical (unpaired) electrons. The summed E-state index contributed by atoms with van der Waals surface area (Å²) in [6.07, 6.45) is 8.37. The Balaban J connectivity index is 1.63. The second kappa shape index (κ2) is 7.09. The average molecular weight is 253 g/mol. The second-order valence-corrected chi connectivity index (χ2v) is 5.90. The summed E-state index contributed by atoms with van der Waals surface area (Å²) < 4.78 is 0. The van der Waals surface area contributed by atoms with Crippen molar-refractivity contribution in [2.24, 2.45) is 17.6 Å². The summed E-state index contributed by atoms with van der Waals surface area (Å²) in [4.78, 5) is 4.29. The number of nitrogens with zero attached hydrogens (tertiary/aromatic N) is 1. The molecule has 96 valence electrons. The van der Waals surface area contributed by atoms with Crippen molar-refractivity contribution in [1.82, 2.24) is 10.3 Å². The molecule has 1 fully saturated rings. The van der Waals surface area contributed by atoms with Crippen molar-refractivity contribution in [3.05, 3.63) is 16.6 Å². The molecular formula is C13H23N3S. The van der Waals surface area contributed by atoms with Crippen molar-refractivity contribution < 1.29 is 0 Å². The largest absolute Gasteiger partial charge is 0.330 e. The van der Waals surface area contributed by atoms with E-state index < -0.39 is 0 Å². The van der Waals surface area contributed by atoms with Crippen LogP contribution in [0.3, 0.4) is 0 Å². The van der Waals surface area contributed by atoms with Crippen LogP contribution in [0.2, 0.25) is 0 Å². The zero-order valence-corrected chi connectivity index (χ0v) is 11.2. The molecule has 0 aromatic carbocycles. The molecule has 3 N–H and O–H groups in total. The quantitative estimate of drug-likeness (QED) is 0.763. The number of hydrogen-bond donors (Lipinski definition) is 2. The van der Waals surface area contributed by atoms with Crippen molar-refractivity contribution >= 4 is 11.3 Å². The van der Waals surface area contributed by atoms with Gasteiger partial charge in [-0.3, -0.25) is 0 Å². The van der Waals surface area contributed by atoms with E-state index in [1.54, 1.807) is 11.3 Å². The Morgan fingerprint density at radius 3 is 2.88 bits per heavy atom. The van der Waals surface area contributed by atoms with Gasteiger partial charge in [-0.25, -0.2) is 4.98 Å². The maximum Gasteiger partial charge on any atom is 0.0937 e. The minimum Gasteiger partial charge on any atom is -0.330 e. The molecule has 1 saturated carbocycles. The van der Waals surface area contributed by atoms with Gasteiger partial charge >= 0.3 is 0 Å². The summed E-state index contributed by atoms with van der Waals surface area (Å²) >= 11 is 1.74. The van der Waals surface area contributed by atoms with Gasteiger partial charge < -0.3 is 11.1 Å². The third-order valence-electron chi connectivity index (χ3n) is 3.77. The fourth-order valence-electron chi connectivity index (χ4n) is 2.72. The molecule has 17 heavy (non-hydrogen) atoms. The predicted octanol–water partition coefficient (Wildman–Crippen LogP) is 2.04. The first kappa shape index (κ1) is 13.0. The van der Waals surface area contributed by atoms with Crippen molar-refractivity contribution in [2.75, 3.05) is 19.6 Å². The Bertz CT molecular complexity index is 300. The highest BCUT2D eigenvalue weighted by atomic mass is 32.1. The van der Waals surface area contributed by atoms with Crippen LogP contribution < -0.4 is 11.1 Å². The van der Waals surface area contributed by atoms with Crippen molar-refractivity contribution in [3.8, 4) is 0 Å². The standard InChI is InChI=1S/C13H23N3S/c14-9-11-3-1-2-4-12(11)10-15-6-5-13-16-7-8-17-13/h7-8,11-12,15H,1-6,9-10,14H2. The van der Waals surface area contributed by atoms with Crippen LogP contribution in [0.15, 0.2) is 11.6 Å². The lowest BCUT2D eigenvalue weighted by molar-refractivity contribution is 0.236. The first-order chi connectivity index (χ1) is 8.40. The topological polar surface area (TPSA) is 50.9 Å². The fourth-order valence-corrected chi connectivity index (χ4v) is 3.34. The highest BCUT2D eigenvalue weighted by Gasteiger charge is 2.23. The maximum absolute atomic E-state index is 5.84. The van der Waals surface area contributed by atoms with Gasteiger partial charge in [0.05, 0.1) is 5.01 Å². The number of hydrogen-bond acceptors (Lipinski definition) is 4. The molecule has 1 aliphatic rings. The van der Waals surface area contributed by atoms with Crippen LogP contribution in [-0.4, -0.2) is 24.6 Å². The summed E-state index contributed by atoms with van der Waals surface area (Å²) in [6, 6.07) is 0. The first-order valence-electron chi connectivity index (χ1n) is 6.69. The highest BCUT2D eigenvalue weighted by Crippen LogP contribution is 2.28. The molecule has 2 unspecified atom stereocenters. The van der Waals surface area contributed by atoms with Crippen molar-refractivity contribution in [3.63, 3.8) is 0 Å². The van der Waals surface area contributed by atoms with Gasteiger partial charge in [-0.05, 0) is 37.8 Å². The zero-order valence-electron chi connectivity index (χ0n) is 10.4. The molecule has 0 spiro atoms. The molecule has 1 aromatic rings. The van der Waals surface area contributed by atoms with E-state index in [9.17, 15) is 0 Å². The molecule has 4 heteroatoms. The van der Waals surface area contributed by atoms with E-state index in [-0.39, 0.29) is 0 Å². The smallest absolute Gasteiger partial charge is 0.0937 e. The predicted molar refractivity (Wildman–Crippen MR) is 73.2 cm³/mol. The Labute approximate surface area is 108 Å². The summed E-state index contributed by atoms with van der Waals surface area (Å²) in [7, 11) is 0. The Morgan fingerprint density at radius 1 is 1.35 bits per heavy atom. The lowest BCUT2D eigenvalue weighted by Gasteiger charge is -2.30. The molecule has 3 nitrogen and oxygen atoms in total. The van der Waals surface area contributed by atoms with E-state index in [1.807, 2.05) is 11.6 Å². The molecule has 1 aliphatic carbocycles. The van der Waals surface area contributed by atoms with Gasteiger partial charge in [-0.1, -0.05) is 12.8 Å². The summed E-state index contributed by atoms with van der Waals surface area (Å²) in [5.74, 6) is 1.54. The number of nitrogens with one attached hydrogen (secondary N) is 1. The summed E-state index contributed by atoms with van der Waals surface area (Å²) in [5, 5.41) is 6.84. The van der Waals surface area contributed by atoms with Crippen LogP contribution in [0.4, 0.5) is 0 Å². The van der Waals surface area contributed by atoms with Gasteiger partial charge in [-0.2, -0.15) is 0 Å².